The third kappa shape index (κ3) is 4.50. The zero-order valence-electron chi connectivity index (χ0n) is 22.3. The summed E-state index contributed by atoms with van der Waals surface area (Å²) in [5, 5.41) is 4.39. The van der Waals surface area contributed by atoms with E-state index in [0.717, 1.165) is 69.3 Å². The molecule has 3 aliphatic rings. The van der Waals surface area contributed by atoms with E-state index in [0.29, 0.717) is 24.2 Å². The number of esters is 1. The van der Waals surface area contributed by atoms with Crippen LogP contribution in [0, 0.1) is 11.3 Å². The predicted octanol–water partition coefficient (Wildman–Crippen LogP) is 5.84. The zero-order valence-corrected chi connectivity index (χ0v) is 22.3. The number of likely N-dealkylation sites (tertiary alicyclic amines) is 1. The van der Waals surface area contributed by atoms with Gasteiger partial charge in [-0.25, -0.2) is 0 Å². The van der Waals surface area contributed by atoms with Gasteiger partial charge in [0, 0.05) is 29.6 Å². The highest BCUT2D eigenvalue weighted by Gasteiger charge is 2.54. The van der Waals surface area contributed by atoms with Gasteiger partial charge < -0.3 is 14.2 Å². The summed E-state index contributed by atoms with van der Waals surface area (Å²) in [5.74, 6) is 1.86. The number of carbonyl (C=O) groups excluding carboxylic acids is 1. The van der Waals surface area contributed by atoms with Crippen LogP contribution < -0.4 is 0 Å². The van der Waals surface area contributed by atoms with Crippen molar-refractivity contribution in [3.05, 3.63) is 59.2 Å². The first-order valence-corrected chi connectivity index (χ1v) is 13.9. The molecule has 1 spiro atoms. The average Bonchev–Trinajstić information content (AvgIpc) is 3.21. The van der Waals surface area contributed by atoms with Gasteiger partial charge in [0.15, 0.2) is 0 Å². The normalized spacial score (nSPS) is 22.1. The lowest BCUT2D eigenvalue weighted by Gasteiger charge is -2.27. The Hall–Kier alpha value is -2.99. The summed E-state index contributed by atoms with van der Waals surface area (Å²) in [6.45, 7) is 9.68. The molecule has 1 aliphatic heterocycles. The number of hydrogen-bond acceptors (Lipinski definition) is 6. The highest BCUT2D eigenvalue weighted by molar-refractivity contribution is 5.80. The van der Waals surface area contributed by atoms with Crippen LogP contribution in [0.1, 0.15) is 63.1 Å². The molecule has 2 aliphatic carbocycles. The number of rotatable bonds is 8. The Kier molecular flexibility index (Phi) is 6.18. The zero-order chi connectivity index (χ0) is 25.6. The summed E-state index contributed by atoms with van der Waals surface area (Å²) in [5.41, 5.74) is 6.04. The van der Waals surface area contributed by atoms with Gasteiger partial charge in [-0.2, -0.15) is 4.98 Å². The van der Waals surface area contributed by atoms with E-state index in [1.165, 1.54) is 16.7 Å². The summed E-state index contributed by atoms with van der Waals surface area (Å²) in [4.78, 5) is 19.8. The monoisotopic (exact) mass is 499 g/mol. The van der Waals surface area contributed by atoms with Gasteiger partial charge in [-0.15, -0.1) is 0 Å². The fourth-order valence-electron chi connectivity index (χ4n) is 6.57. The van der Waals surface area contributed by atoms with Gasteiger partial charge in [0.05, 0.1) is 12.0 Å². The maximum absolute atomic E-state index is 12.5. The maximum Gasteiger partial charge on any atom is 0.313 e. The number of nitrogens with zero attached hydrogens (tertiary/aromatic N) is 3. The molecule has 1 atom stereocenters. The quantitative estimate of drug-likeness (QED) is 0.363. The highest BCUT2D eigenvalue weighted by atomic mass is 16.5. The van der Waals surface area contributed by atoms with Crippen LogP contribution in [0.2, 0.25) is 0 Å². The minimum absolute atomic E-state index is 0.00692. The van der Waals surface area contributed by atoms with Crippen molar-refractivity contribution in [2.75, 3.05) is 26.2 Å². The van der Waals surface area contributed by atoms with Crippen LogP contribution in [0.15, 0.2) is 47.0 Å². The van der Waals surface area contributed by atoms with Crippen LogP contribution in [0.4, 0.5) is 0 Å². The van der Waals surface area contributed by atoms with Gasteiger partial charge in [0.1, 0.15) is 0 Å². The van der Waals surface area contributed by atoms with Crippen LogP contribution in [-0.2, 0) is 27.8 Å². The molecule has 1 saturated carbocycles. The lowest BCUT2D eigenvalue weighted by atomic mass is 9.81. The molecule has 2 fully saturated rings. The minimum Gasteiger partial charge on any atom is -0.466 e. The highest BCUT2D eigenvalue weighted by Crippen LogP contribution is 2.52. The molecule has 1 unspecified atom stereocenters. The molecule has 6 nitrogen and oxygen atoms in total. The number of aromatic nitrogens is 2. The van der Waals surface area contributed by atoms with E-state index in [-0.39, 0.29) is 16.8 Å². The fraction of sp³-hybridized carbons (Fsp3) is 0.516. The molecular formula is C31H37N3O3. The Morgan fingerprint density at radius 3 is 2.65 bits per heavy atom. The van der Waals surface area contributed by atoms with Gasteiger partial charge in [0.25, 0.3) is 5.89 Å². The first kappa shape index (κ1) is 24.4. The van der Waals surface area contributed by atoms with Crippen molar-refractivity contribution in [2.24, 2.45) is 11.3 Å². The van der Waals surface area contributed by atoms with Crippen LogP contribution in [0.25, 0.3) is 22.8 Å². The van der Waals surface area contributed by atoms with E-state index >= 15 is 0 Å². The number of fused-ring (bicyclic) bond motifs is 2. The summed E-state index contributed by atoms with van der Waals surface area (Å²) in [6.07, 6.45) is 6.25. The smallest absolute Gasteiger partial charge is 0.313 e. The molecule has 6 rings (SSSR count). The fourth-order valence-corrected chi connectivity index (χ4v) is 6.57. The van der Waals surface area contributed by atoms with Crippen molar-refractivity contribution in [1.82, 2.24) is 15.0 Å². The third-order valence-corrected chi connectivity index (χ3v) is 8.63. The van der Waals surface area contributed by atoms with E-state index in [2.05, 4.69) is 66.4 Å². The Labute approximate surface area is 219 Å². The largest absolute Gasteiger partial charge is 0.466 e. The van der Waals surface area contributed by atoms with Crippen molar-refractivity contribution < 1.29 is 14.1 Å². The van der Waals surface area contributed by atoms with E-state index in [9.17, 15) is 4.79 Å². The molecule has 0 radical (unpaired) electrons. The summed E-state index contributed by atoms with van der Waals surface area (Å²) in [6, 6.07) is 15.0. The SMILES string of the molecule is CCOC(=O)C1(CN2CCC3(CCc4c(-c5noc(-c6ccc(CC(C)C)cc6)n5)cccc43)C2)CC1. The van der Waals surface area contributed by atoms with Crippen molar-refractivity contribution in [3.63, 3.8) is 0 Å². The van der Waals surface area contributed by atoms with E-state index in [4.69, 9.17) is 14.2 Å². The van der Waals surface area contributed by atoms with Crippen LogP contribution in [0.3, 0.4) is 0 Å². The van der Waals surface area contributed by atoms with Crippen LogP contribution >= 0.6 is 0 Å². The molecule has 0 bridgehead atoms. The number of benzene rings is 2. The number of hydrogen-bond donors (Lipinski definition) is 0. The summed E-state index contributed by atoms with van der Waals surface area (Å²) < 4.78 is 11.1. The molecule has 0 amide bonds. The molecular weight excluding hydrogens is 462 g/mol. The maximum atomic E-state index is 12.5. The second-order valence-electron chi connectivity index (χ2n) is 11.8. The van der Waals surface area contributed by atoms with Crippen molar-refractivity contribution in [2.45, 2.75) is 64.7 Å². The lowest BCUT2D eigenvalue weighted by Crippen LogP contribution is -2.36. The molecule has 0 N–H and O–H groups in total. The molecule has 6 heteroatoms. The van der Waals surface area contributed by atoms with E-state index in [1.54, 1.807) is 0 Å². The third-order valence-electron chi connectivity index (χ3n) is 8.63. The van der Waals surface area contributed by atoms with Gasteiger partial charge in [-0.1, -0.05) is 49.3 Å². The van der Waals surface area contributed by atoms with Gasteiger partial charge in [-0.3, -0.25) is 4.79 Å². The molecule has 2 aromatic carbocycles. The van der Waals surface area contributed by atoms with Crippen molar-refractivity contribution in [1.29, 1.82) is 0 Å². The molecule has 1 aromatic heterocycles. The molecule has 194 valence electrons. The standard InChI is InChI=1S/C31H37N3O3/c1-4-36-29(35)31(14-15-31)20-34-17-16-30(19-34)13-12-24-25(6-5-7-26(24)30)27-32-28(37-33-27)23-10-8-22(9-11-23)18-21(2)3/h5-11,21H,4,12-20H2,1-3H3. The van der Waals surface area contributed by atoms with Crippen molar-refractivity contribution >= 4 is 5.97 Å². The van der Waals surface area contributed by atoms with Crippen LogP contribution in [0.5, 0.6) is 0 Å². The van der Waals surface area contributed by atoms with Gasteiger partial charge in [0.2, 0.25) is 5.82 Å². The van der Waals surface area contributed by atoms with Crippen molar-refractivity contribution in [3.8, 4) is 22.8 Å². The second kappa shape index (κ2) is 9.39. The Morgan fingerprint density at radius 1 is 1.11 bits per heavy atom. The van der Waals surface area contributed by atoms with Crippen LogP contribution in [-0.4, -0.2) is 47.3 Å². The van der Waals surface area contributed by atoms with Gasteiger partial charge >= 0.3 is 5.97 Å². The topological polar surface area (TPSA) is 68.5 Å². The summed E-state index contributed by atoms with van der Waals surface area (Å²) >= 11 is 0. The first-order chi connectivity index (χ1) is 17.9. The molecule has 1 saturated heterocycles. The van der Waals surface area contributed by atoms with E-state index in [1.807, 2.05) is 6.92 Å². The second-order valence-corrected chi connectivity index (χ2v) is 11.8. The number of carbonyl (C=O) groups is 1. The molecule has 3 aromatic rings. The molecule has 2 heterocycles. The Bertz CT molecular complexity index is 1290. The van der Waals surface area contributed by atoms with Gasteiger partial charge in [-0.05, 0) is 86.7 Å². The molecule has 37 heavy (non-hydrogen) atoms. The van der Waals surface area contributed by atoms with E-state index < -0.39 is 0 Å². The Morgan fingerprint density at radius 2 is 1.92 bits per heavy atom. The first-order valence-electron chi connectivity index (χ1n) is 13.9. The lowest BCUT2D eigenvalue weighted by molar-refractivity contribution is -0.150. The summed E-state index contributed by atoms with van der Waals surface area (Å²) in [7, 11) is 0. The number of ether oxygens (including phenoxy) is 1. The predicted molar refractivity (Wildman–Crippen MR) is 143 cm³/mol. The Balaban J connectivity index is 1.20. The minimum atomic E-state index is -0.265. The average molecular weight is 500 g/mol.